The monoisotopic (exact) mass is 364 g/mol. The Labute approximate surface area is 158 Å². The Kier molecular flexibility index (Phi) is 3.58. The van der Waals surface area contributed by atoms with Crippen LogP contribution in [-0.2, 0) is 14.4 Å². The van der Waals surface area contributed by atoms with E-state index in [0.29, 0.717) is 11.8 Å². The standard InChI is InChI=1S/C22H24N2O3/c1-11-3-6-17(12(2)9-11)23-18(25)7-8-24-21(26)19-13-4-5-14(16-10-15(13)16)20(19)22(24)27/h3-6,9,13-16,19-20H,7-8,10H2,1-2H3,(H,23,25)/t13-,14-,15-,16-,19+,20+/m1/s1. The van der Waals surface area contributed by atoms with Crippen LogP contribution in [0.4, 0.5) is 5.69 Å². The van der Waals surface area contributed by atoms with Crippen LogP contribution in [0.1, 0.15) is 24.0 Å². The smallest absolute Gasteiger partial charge is 0.233 e. The Morgan fingerprint density at radius 3 is 2.30 bits per heavy atom. The molecule has 5 nitrogen and oxygen atoms in total. The van der Waals surface area contributed by atoms with Crippen molar-refractivity contribution in [1.82, 2.24) is 4.90 Å². The van der Waals surface area contributed by atoms with Crippen LogP contribution >= 0.6 is 0 Å². The molecule has 2 saturated carbocycles. The molecule has 1 aliphatic heterocycles. The average molecular weight is 364 g/mol. The lowest BCUT2D eigenvalue weighted by atomic mass is 9.63. The van der Waals surface area contributed by atoms with Gasteiger partial charge in [-0.2, -0.15) is 0 Å². The van der Waals surface area contributed by atoms with Crippen molar-refractivity contribution in [2.45, 2.75) is 26.7 Å². The van der Waals surface area contributed by atoms with Crippen LogP contribution in [0.3, 0.4) is 0 Å². The maximum absolute atomic E-state index is 12.9. The molecule has 6 rings (SSSR count). The molecule has 1 aromatic rings. The van der Waals surface area contributed by atoms with Crippen LogP contribution in [-0.4, -0.2) is 29.2 Å². The first kappa shape index (κ1) is 16.7. The lowest BCUT2D eigenvalue weighted by Gasteiger charge is -2.37. The number of benzene rings is 1. The summed E-state index contributed by atoms with van der Waals surface area (Å²) >= 11 is 0. The molecule has 0 spiro atoms. The van der Waals surface area contributed by atoms with Gasteiger partial charge in [0.2, 0.25) is 17.7 Å². The normalized spacial score (nSPS) is 35.3. The van der Waals surface area contributed by atoms with Gasteiger partial charge in [0.15, 0.2) is 0 Å². The van der Waals surface area contributed by atoms with E-state index in [1.165, 1.54) is 4.90 Å². The minimum atomic E-state index is -0.182. The summed E-state index contributed by atoms with van der Waals surface area (Å²) in [4.78, 5) is 39.5. The van der Waals surface area contributed by atoms with E-state index in [1.54, 1.807) is 0 Å². The zero-order valence-corrected chi connectivity index (χ0v) is 15.6. The van der Waals surface area contributed by atoms with Gasteiger partial charge < -0.3 is 5.32 Å². The number of amides is 3. The summed E-state index contributed by atoms with van der Waals surface area (Å²) in [5.74, 6) is 1.02. The highest BCUT2D eigenvalue weighted by Gasteiger charge is 2.66. The summed E-state index contributed by atoms with van der Waals surface area (Å²) in [5, 5.41) is 2.90. The maximum Gasteiger partial charge on any atom is 0.233 e. The van der Waals surface area contributed by atoms with E-state index in [-0.39, 0.29) is 54.4 Å². The third-order valence-electron chi connectivity index (χ3n) is 6.97. The largest absolute Gasteiger partial charge is 0.326 e. The molecule has 140 valence electrons. The average Bonchev–Trinajstić information content (AvgIpc) is 3.41. The highest BCUT2D eigenvalue weighted by molar-refractivity contribution is 6.06. The molecular weight excluding hydrogens is 340 g/mol. The number of likely N-dealkylation sites (tertiary alicyclic amines) is 1. The Morgan fingerprint density at radius 2 is 1.70 bits per heavy atom. The number of carbonyl (C=O) groups is 3. The molecule has 3 fully saturated rings. The predicted molar refractivity (Wildman–Crippen MR) is 101 cm³/mol. The Balaban J connectivity index is 1.25. The van der Waals surface area contributed by atoms with Crippen LogP contribution in [0.5, 0.6) is 0 Å². The van der Waals surface area contributed by atoms with Crippen molar-refractivity contribution in [1.29, 1.82) is 0 Å². The molecule has 1 heterocycles. The lowest BCUT2D eigenvalue weighted by Crippen LogP contribution is -2.40. The second kappa shape index (κ2) is 5.78. The van der Waals surface area contributed by atoms with Gasteiger partial charge >= 0.3 is 0 Å². The molecule has 2 bridgehead atoms. The van der Waals surface area contributed by atoms with Crippen LogP contribution in [0.15, 0.2) is 30.4 Å². The molecule has 27 heavy (non-hydrogen) atoms. The van der Waals surface area contributed by atoms with Crippen molar-refractivity contribution in [3.63, 3.8) is 0 Å². The number of anilines is 1. The third-order valence-corrected chi connectivity index (χ3v) is 6.97. The zero-order valence-electron chi connectivity index (χ0n) is 15.6. The number of carbonyl (C=O) groups excluding carboxylic acids is 3. The van der Waals surface area contributed by atoms with Crippen LogP contribution in [0.25, 0.3) is 0 Å². The second-order valence-electron chi connectivity index (χ2n) is 8.60. The molecule has 5 heteroatoms. The molecular formula is C22H24N2O3. The van der Waals surface area contributed by atoms with Crippen molar-refractivity contribution in [3.05, 3.63) is 41.5 Å². The number of allylic oxidation sites excluding steroid dienone is 2. The third kappa shape index (κ3) is 2.47. The number of aryl methyl sites for hydroxylation is 2. The summed E-state index contributed by atoms with van der Waals surface area (Å²) < 4.78 is 0. The molecule has 0 radical (unpaired) electrons. The zero-order chi connectivity index (χ0) is 18.9. The molecule has 6 atom stereocenters. The van der Waals surface area contributed by atoms with Gasteiger partial charge in [-0.15, -0.1) is 0 Å². The van der Waals surface area contributed by atoms with Gasteiger partial charge in [0, 0.05) is 18.7 Å². The van der Waals surface area contributed by atoms with Crippen LogP contribution in [0.2, 0.25) is 0 Å². The van der Waals surface area contributed by atoms with Gasteiger partial charge in [-0.1, -0.05) is 29.8 Å². The van der Waals surface area contributed by atoms with Gasteiger partial charge in [-0.25, -0.2) is 0 Å². The first-order chi connectivity index (χ1) is 13.0. The topological polar surface area (TPSA) is 66.5 Å². The molecule has 3 amide bonds. The molecule has 0 unspecified atom stereocenters. The first-order valence-electron chi connectivity index (χ1n) is 9.86. The summed E-state index contributed by atoms with van der Waals surface area (Å²) in [5.41, 5.74) is 2.92. The number of nitrogens with zero attached hydrogens (tertiary/aromatic N) is 1. The summed E-state index contributed by atoms with van der Waals surface area (Å²) in [6.45, 7) is 4.14. The summed E-state index contributed by atoms with van der Waals surface area (Å²) in [7, 11) is 0. The maximum atomic E-state index is 12.9. The first-order valence-corrected chi connectivity index (χ1v) is 9.86. The fourth-order valence-electron chi connectivity index (χ4n) is 5.62. The van der Waals surface area contributed by atoms with Gasteiger partial charge in [0.25, 0.3) is 0 Å². The lowest BCUT2D eigenvalue weighted by molar-refractivity contribution is -0.140. The van der Waals surface area contributed by atoms with Crippen molar-refractivity contribution in [3.8, 4) is 0 Å². The SMILES string of the molecule is Cc1ccc(NC(=O)CCN2C(=O)[C@H]3[C@@H]4C=C[C@H]([C@H]5C[C@H]45)[C@@H]3C2=O)c(C)c1. The van der Waals surface area contributed by atoms with Crippen molar-refractivity contribution in [2.75, 3.05) is 11.9 Å². The Hall–Kier alpha value is -2.43. The minimum absolute atomic E-state index is 0.0611. The molecule has 1 saturated heterocycles. The fraction of sp³-hybridized carbons (Fsp3) is 0.500. The number of rotatable bonds is 4. The van der Waals surface area contributed by atoms with E-state index in [0.717, 1.165) is 23.2 Å². The molecule has 1 aromatic carbocycles. The van der Waals surface area contributed by atoms with Gasteiger partial charge in [0.05, 0.1) is 11.8 Å². The quantitative estimate of drug-likeness (QED) is 0.660. The Bertz CT molecular complexity index is 854. The van der Waals surface area contributed by atoms with Gasteiger partial charge in [-0.3, -0.25) is 19.3 Å². The van der Waals surface area contributed by atoms with Gasteiger partial charge in [0.1, 0.15) is 0 Å². The summed E-state index contributed by atoms with van der Waals surface area (Å²) in [6, 6.07) is 5.86. The number of hydrogen-bond acceptors (Lipinski definition) is 3. The van der Waals surface area contributed by atoms with E-state index in [4.69, 9.17) is 0 Å². The van der Waals surface area contributed by atoms with E-state index in [2.05, 4.69) is 17.5 Å². The Morgan fingerprint density at radius 1 is 1.07 bits per heavy atom. The van der Waals surface area contributed by atoms with Gasteiger partial charge in [-0.05, 0) is 55.6 Å². The number of nitrogens with one attached hydrogen (secondary N) is 1. The number of imide groups is 1. The van der Waals surface area contributed by atoms with Crippen LogP contribution in [0, 0.1) is 49.4 Å². The van der Waals surface area contributed by atoms with E-state index >= 15 is 0 Å². The van der Waals surface area contributed by atoms with E-state index < -0.39 is 0 Å². The number of hydrogen-bond donors (Lipinski definition) is 1. The van der Waals surface area contributed by atoms with Crippen LogP contribution < -0.4 is 5.32 Å². The fourth-order valence-corrected chi connectivity index (χ4v) is 5.62. The predicted octanol–water partition coefficient (Wildman–Crippen LogP) is 2.69. The second-order valence-corrected chi connectivity index (χ2v) is 8.60. The molecule has 5 aliphatic rings. The minimum Gasteiger partial charge on any atom is -0.326 e. The summed E-state index contributed by atoms with van der Waals surface area (Å²) in [6.07, 6.45) is 5.64. The molecule has 4 aliphatic carbocycles. The van der Waals surface area contributed by atoms with Crippen molar-refractivity contribution < 1.29 is 14.4 Å². The molecule has 1 N–H and O–H groups in total. The van der Waals surface area contributed by atoms with Crippen molar-refractivity contribution in [2.24, 2.45) is 35.5 Å². The van der Waals surface area contributed by atoms with E-state index in [9.17, 15) is 14.4 Å². The highest BCUT2D eigenvalue weighted by atomic mass is 16.2. The van der Waals surface area contributed by atoms with E-state index in [1.807, 2.05) is 32.0 Å². The molecule has 0 aromatic heterocycles. The highest BCUT2D eigenvalue weighted by Crippen LogP contribution is 2.65. The van der Waals surface area contributed by atoms with Crippen molar-refractivity contribution >= 4 is 23.4 Å².